The van der Waals surface area contributed by atoms with Crippen LogP contribution in [0, 0.1) is 18.8 Å². The molecule has 0 fully saturated rings. The summed E-state index contributed by atoms with van der Waals surface area (Å²) in [6.07, 6.45) is 1.97. The monoisotopic (exact) mass is 236 g/mol. The summed E-state index contributed by atoms with van der Waals surface area (Å²) in [6, 6.07) is 0.337. The van der Waals surface area contributed by atoms with Crippen LogP contribution in [0.1, 0.15) is 51.9 Å². The molecule has 3 nitrogen and oxygen atoms in total. The van der Waals surface area contributed by atoms with Gasteiger partial charge in [0.2, 0.25) is 0 Å². The van der Waals surface area contributed by atoms with Crippen molar-refractivity contribution in [2.24, 2.45) is 11.8 Å². The van der Waals surface area contributed by atoms with Gasteiger partial charge in [-0.15, -0.1) is 0 Å². The molecule has 1 aromatic heterocycles. The van der Waals surface area contributed by atoms with Crippen LogP contribution in [0.2, 0.25) is 0 Å². The predicted molar refractivity (Wildman–Crippen MR) is 69.0 cm³/mol. The molecule has 3 heteroatoms. The third kappa shape index (κ3) is 1.63. The van der Waals surface area contributed by atoms with Crippen molar-refractivity contribution >= 4 is 0 Å². The Morgan fingerprint density at radius 1 is 1.35 bits per heavy atom. The van der Waals surface area contributed by atoms with E-state index in [0.717, 1.165) is 6.61 Å². The topological polar surface area (TPSA) is 27.1 Å². The van der Waals surface area contributed by atoms with Crippen LogP contribution in [-0.4, -0.2) is 16.4 Å². The molecule has 0 saturated carbocycles. The van der Waals surface area contributed by atoms with E-state index in [1.54, 1.807) is 0 Å². The fourth-order valence-corrected chi connectivity index (χ4v) is 3.21. The summed E-state index contributed by atoms with van der Waals surface area (Å²) < 4.78 is 8.47. The Morgan fingerprint density at radius 3 is 2.47 bits per heavy atom. The fraction of sp³-hybridized carbons (Fsp3) is 0.786. The van der Waals surface area contributed by atoms with E-state index in [9.17, 15) is 0 Å². The summed E-state index contributed by atoms with van der Waals surface area (Å²) >= 11 is 0. The van der Waals surface area contributed by atoms with Crippen molar-refractivity contribution in [3.63, 3.8) is 0 Å². The minimum Gasteiger partial charge on any atom is -0.366 e. The van der Waals surface area contributed by atoms with Crippen molar-refractivity contribution in [2.45, 2.75) is 53.2 Å². The minimum absolute atomic E-state index is 0.187. The zero-order chi connectivity index (χ0) is 12.8. The zero-order valence-electron chi connectivity index (χ0n) is 11.8. The second-order valence-electron chi connectivity index (χ2n) is 5.88. The Kier molecular flexibility index (Phi) is 3.06. The molecule has 2 rings (SSSR count). The van der Waals surface area contributed by atoms with Gasteiger partial charge in [-0.3, -0.25) is 4.68 Å². The van der Waals surface area contributed by atoms with Gasteiger partial charge in [0.1, 0.15) is 5.60 Å². The van der Waals surface area contributed by atoms with Crippen LogP contribution in [0.4, 0.5) is 0 Å². The van der Waals surface area contributed by atoms with Gasteiger partial charge in [-0.25, -0.2) is 0 Å². The van der Waals surface area contributed by atoms with Gasteiger partial charge in [0, 0.05) is 0 Å². The molecule has 1 atom stereocenters. The maximum absolute atomic E-state index is 6.31. The normalized spacial score (nSPS) is 23.2. The van der Waals surface area contributed by atoms with Gasteiger partial charge in [0.05, 0.1) is 24.5 Å². The summed E-state index contributed by atoms with van der Waals surface area (Å²) in [5, 5.41) is 4.53. The average molecular weight is 236 g/mol. The number of aromatic nitrogens is 2. The quantitative estimate of drug-likeness (QED) is 0.788. The molecule has 0 unspecified atom stereocenters. The van der Waals surface area contributed by atoms with Gasteiger partial charge in [0.15, 0.2) is 0 Å². The summed E-state index contributed by atoms with van der Waals surface area (Å²) in [5.41, 5.74) is 2.34. The first-order valence-electron chi connectivity index (χ1n) is 6.59. The molecule has 0 aromatic carbocycles. The molecular weight excluding hydrogens is 212 g/mol. The maximum Gasteiger partial charge on any atom is 0.115 e. The standard InChI is InChI=1S/C14H24N2O/c1-9(2)14(10(3)4)13-11(5)7-15-16(13)12(6)8-17-14/h7,9-10,12H,8H2,1-6H3/t12-/m1/s1. The number of aryl methyl sites for hydroxylation is 1. The largest absolute Gasteiger partial charge is 0.366 e. The van der Waals surface area contributed by atoms with Gasteiger partial charge in [-0.2, -0.15) is 5.10 Å². The first-order valence-corrected chi connectivity index (χ1v) is 6.59. The van der Waals surface area contributed by atoms with Crippen LogP contribution in [-0.2, 0) is 10.3 Å². The fourth-order valence-electron chi connectivity index (χ4n) is 3.21. The molecule has 0 saturated heterocycles. The third-order valence-corrected chi connectivity index (χ3v) is 4.04. The van der Waals surface area contributed by atoms with Crippen molar-refractivity contribution < 1.29 is 4.74 Å². The number of nitrogens with zero attached hydrogens (tertiary/aromatic N) is 2. The Hall–Kier alpha value is -0.830. The summed E-state index contributed by atoms with van der Waals surface area (Å²) in [6.45, 7) is 14.0. The van der Waals surface area contributed by atoms with Crippen LogP contribution >= 0.6 is 0 Å². The highest BCUT2D eigenvalue weighted by atomic mass is 16.5. The number of ether oxygens (including phenoxy) is 1. The lowest BCUT2D eigenvalue weighted by atomic mass is 9.75. The molecule has 0 spiro atoms. The number of rotatable bonds is 2. The van der Waals surface area contributed by atoms with Gasteiger partial charge in [-0.05, 0) is 31.2 Å². The predicted octanol–water partition coefficient (Wildman–Crippen LogP) is 3.29. The van der Waals surface area contributed by atoms with Crippen molar-refractivity contribution in [1.82, 2.24) is 9.78 Å². The Labute approximate surface area is 104 Å². The van der Waals surface area contributed by atoms with E-state index < -0.39 is 0 Å². The molecule has 0 aliphatic carbocycles. The highest BCUT2D eigenvalue weighted by molar-refractivity contribution is 5.26. The molecule has 0 amide bonds. The maximum atomic E-state index is 6.31. The van der Waals surface area contributed by atoms with E-state index in [0.29, 0.717) is 17.9 Å². The van der Waals surface area contributed by atoms with Crippen LogP contribution < -0.4 is 0 Å². The highest BCUT2D eigenvalue weighted by Gasteiger charge is 2.47. The Bertz CT molecular complexity index is 398. The van der Waals surface area contributed by atoms with Crippen molar-refractivity contribution in [3.8, 4) is 0 Å². The lowest BCUT2D eigenvalue weighted by molar-refractivity contribution is -0.150. The van der Waals surface area contributed by atoms with Gasteiger partial charge < -0.3 is 4.74 Å². The molecule has 0 bridgehead atoms. The van der Waals surface area contributed by atoms with E-state index in [2.05, 4.69) is 51.3 Å². The Balaban J connectivity index is 2.64. The zero-order valence-corrected chi connectivity index (χ0v) is 11.8. The average Bonchev–Trinajstić information content (AvgIpc) is 2.62. The van der Waals surface area contributed by atoms with E-state index in [1.165, 1.54) is 11.3 Å². The number of hydrogen-bond donors (Lipinski definition) is 0. The second-order valence-corrected chi connectivity index (χ2v) is 5.88. The van der Waals surface area contributed by atoms with Gasteiger partial charge in [-0.1, -0.05) is 27.7 Å². The summed E-state index contributed by atoms with van der Waals surface area (Å²) in [5.74, 6) is 0.897. The molecule has 1 aromatic rings. The molecule has 1 aliphatic heterocycles. The second kappa shape index (κ2) is 4.13. The lowest BCUT2D eigenvalue weighted by Gasteiger charge is -2.46. The number of fused-ring (bicyclic) bond motifs is 1. The molecular formula is C14H24N2O. The van der Waals surface area contributed by atoms with Crippen LogP contribution in [0.3, 0.4) is 0 Å². The SMILES string of the molecule is Cc1cnn2c1C(C(C)C)(C(C)C)OC[C@H]2C. The van der Waals surface area contributed by atoms with E-state index >= 15 is 0 Å². The van der Waals surface area contributed by atoms with E-state index in [4.69, 9.17) is 4.74 Å². The van der Waals surface area contributed by atoms with Crippen molar-refractivity contribution in [3.05, 3.63) is 17.5 Å². The molecule has 0 radical (unpaired) electrons. The Morgan fingerprint density at radius 2 is 1.94 bits per heavy atom. The van der Waals surface area contributed by atoms with Crippen LogP contribution in [0.5, 0.6) is 0 Å². The molecule has 1 aliphatic rings. The van der Waals surface area contributed by atoms with E-state index in [-0.39, 0.29) is 5.60 Å². The first kappa shape index (κ1) is 12.6. The first-order chi connectivity index (χ1) is 7.91. The van der Waals surface area contributed by atoms with Crippen LogP contribution in [0.25, 0.3) is 0 Å². The molecule has 0 N–H and O–H groups in total. The minimum atomic E-state index is -0.187. The lowest BCUT2D eigenvalue weighted by Crippen LogP contribution is -2.48. The van der Waals surface area contributed by atoms with Gasteiger partial charge in [0.25, 0.3) is 0 Å². The molecule has 17 heavy (non-hydrogen) atoms. The summed E-state index contributed by atoms with van der Waals surface area (Å²) in [4.78, 5) is 0. The van der Waals surface area contributed by atoms with Crippen molar-refractivity contribution in [1.29, 1.82) is 0 Å². The molecule has 2 heterocycles. The summed E-state index contributed by atoms with van der Waals surface area (Å²) in [7, 11) is 0. The smallest absolute Gasteiger partial charge is 0.115 e. The molecule has 96 valence electrons. The highest BCUT2D eigenvalue weighted by Crippen LogP contribution is 2.45. The van der Waals surface area contributed by atoms with Crippen molar-refractivity contribution in [2.75, 3.05) is 6.61 Å². The van der Waals surface area contributed by atoms with Crippen LogP contribution in [0.15, 0.2) is 6.20 Å². The van der Waals surface area contributed by atoms with Gasteiger partial charge >= 0.3 is 0 Å². The number of hydrogen-bond acceptors (Lipinski definition) is 2. The third-order valence-electron chi connectivity index (χ3n) is 4.04. The van der Waals surface area contributed by atoms with E-state index in [1.807, 2.05) is 6.20 Å².